The van der Waals surface area contributed by atoms with Gasteiger partial charge in [0.1, 0.15) is 12.9 Å². The van der Waals surface area contributed by atoms with E-state index in [1.165, 1.54) is 30.6 Å². The second-order valence-corrected chi connectivity index (χ2v) is 8.00. The molecule has 0 saturated heterocycles. The van der Waals surface area contributed by atoms with Gasteiger partial charge in [0.05, 0.1) is 17.7 Å². The van der Waals surface area contributed by atoms with Gasteiger partial charge in [-0.1, -0.05) is 16.5 Å². The number of carbonyl (C=O) groups is 1. The first-order chi connectivity index (χ1) is 14.5. The lowest BCUT2D eigenvalue weighted by Gasteiger charge is -2.23. The van der Waals surface area contributed by atoms with E-state index in [-0.39, 0.29) is 12.2 Å². The minimum absolute atomic E-state index is 0.0120. The molecule has 3 aromatic rings. The van der Waals surface area contributed by atoms with Crippen molar-refractivity contribution in [2.45, 2.75) is 39.0 Å². The number of rotatable bonds is 7. The van der Waals surface area contributed by atoms with E-state index in [1.807, 2.05) is 0 Å². The Bertz CT molecular complexity index is 1100. The number of fused-ring (bicyclic) bond motifs is 1. The number of thiazole rings is 1. The third-order valence-electron chi connectivity index (χ3n) is 4.24. The monoisotopic (exact) mass is 456 g/mol. The Morgan fingerprint density at radius 3 is 2.52 bits per heavy atom. The second kappa shape index (κ2) is 8.53. The van der Waals surface area contributed by atoms with E-state index in [0.717, 1.165) is 23.4 Å². The topological polar surface area (TPSA) is 87.3 Å². The van der Waals surface area contributed by atoms with Crippen LogP contribution in [0.1, 0.15) is 35.8 Å². The van der Waals surface area contributed by atoms with Gasteiger partial charge in [-0.15, -0.1) is 5.10 Å². The van der Waals surface area contributed by atoms with Crippen molar-refractivity contribution in [1.29, 1.82) is 0 Å². The van der Waals surface area contributed by atoms with Gasteiger partial charge in [0.2, 0.25) is 11.4 Å². The van der Waals surface area contributed by atoms with Gasteiger partial charge in [-0.2, -0.15) is 18.2 Å². The molecule has 2 heterocycles. The van der Waals surface area contributed by atoms with Crippen LogP contribution in [0.4, 0.5) is 13.2 Å². The van der Waals surface area contributed by atoms with Crippen molar-refractivity contribution in [2.75, 3.05) is 7.11 Å². The number of benzene rings is 1. The van der Waals surface area contributed by atoms with Gasteiger partial charge >= 0.3 is 12.1 Å². The number of aromatic nitrogens is 3. The number of oxime groups is 1. The fourth-order valence-corrected chi connectivity index (χ4v) is 3.69. The smallest absolute Gasteiger partial charge is 0.416 e. The molecule has 2 aromatic heterocycles. The number of hydrogen-bond acceptors (Lipinski definition) is 8. The molecule has 0 amide bonds. The third kappa shape index (κ3) is 5.13. The number of ether oxygens (including phenoxy) is 2. The summed E-state index contributed by atoms with van der Waals surface area (Å²) in [5, 5.41) is 7.79. The first-order valence-electron chi connectivity index (χ1n) is 8.97. The number of alkyl halides is 3. The van der Waals surface area contributed by atoms with Crippen LogP contribution >= 0.6 is 11.3 Å². The highest BCUT2D eigenvalue weighted by Crippen LogP contribution is 2.33. The molecule has 0 N–H and O–H groups in total. The van der Waals surface area contributed by atoms with Crippen LogP contribution < -0.4 is 4.74 Å². The van der Waals surface area contributed by atoms with Crippen LogP contribution in [0.3, 0.4) is 0 Å². The van der Waals surface area contributed by atoms with Crippen LogP contribution in [0.2, 0.25) is 0 Å². The van der Waals surface area contributed by atoms with Crippen molar-refractivity contribution >= 4 is 28.7 Å². The molecule has 3 rings (SSSR count). The SMILES string of the molecule is CO/N=C/OC(=O)Cc1sc2nc(C(C)(C)Oc3ccc(C(F)(F)F)cc3)nn2c1C. The highest BCUT2D eigenvalue weighted by atomic mass is 32.1. The largest absolute Gasteiger partial charge is 0.480 e. The Morgan fingerprint density at radius 1 is 1.26 bits per heavy atom. The van der Waals surface area contributed by atoms with Crippen molar-refractivity contribution in [3.63, 3.8) is 0 Å². The lowest BCUT2D eigenvalue weighted by molar-refractivity contribution is -0.137. The van der Waals surface area contributed by atoms with E-state index in [9.17, 15) is 18.0 Å². The fourth-order valence-electron chi connectivity index (χ4n) is 2.65. The Kier molecular flexibility index (Phi) is 6.20. The zero-order chi connectivity index (χ0) is 22.8. The summed E-state index contributed by atoms with van der Waals surface area (Å²) in [4.78, 5) is 22.0. The van der Waals surface area contributed by atoms with Gasteiger partial charge < -0.3 is 14.3 Å². The summed E-state index contributed by atoms with van der Waals surface area (Å²) in [7, 11) is 1.33. The average molecular weight is 456 g/mol. The molecule has 0 aliphatic rings. The Hall–Kier alpha value is -3.15. The van der Waals surface area contributed by atoms with Crippen molar-refractivity contribution in [2.24, 2.45) is 5.16 Å². The molecule has 1 aromatic carbocycles. The van der Waals surface area contributed by atoms with Gasteiger partial charge in [0, 0.05) is 4.88 Å². The number of nitrogens with zero attached hydrogens (tertiary/aromatic N) is 4. The minimum Gasteiger partial charge on any atom is -0.480 e. The van der Waals surface area contributed by atoms with Crippen molar-refractivity contribution in [3.8, 4) is 5.75 Å². The summed E-state index contributed by atoms with van der Waals surface area (Å²) >= 11 is 1.27. The van der Waals surface area contributed by atoms with Crippen molar-refractivity contribution < 1.29 is 32.3 Å². The molecule has 12 heteroatoms. The molecule has 0 spiro atoms. The van der Waals surface area contributed by atoms with Gasteiger partial charge in [0.25, 0.3) is 0 Å². The molecule has 0 saturated carbocycles. The van der Waals surface area contributed by atoms with Gasteiger partial charge in [-0.05, 0) is 45.0 Å². The molecule has 0 atom stereocenters. The Balaban J connectivity index is 1.76. The van der Waals surface area contributed by atoms with E-state index < -0.39 is 23.3 Å². The van der Waals surface area contributed by atoms with E-state index in [2.05, 4.69) is 20.1 Å². The quantitative estimate of drug-likeness (QED) is 0.230. The fraction of sp³-hybridized carbons (Fsp3) is 0.368. The van der Waals surface area contributed by atoms with Crippen LogP contribution in [0.5, 0.6) is 5.75 Å². The summed E-state index contributed by atoms with van der Waals surface area (Å²) in [6.07, 6.45) is -3.49. The molecule has 0 radical (unpaired) electrons. The first-order valence-corrected chi connectivity index (χ1v) is 9.79. The summed E-state index contributed by atoms with van der Waals surface area (Å²) in [6, 6.07) is 4.42. The molecule has 166 valence electrons. The van der Waals surface area contributed by atoms with E-state index >= 15 is 0 Å². The molecule has 8 nitrogen and oxygen atoms in total. The zero-order valence-corrected chi connectivity index (χ0v) is 17.9. The van der Waals surface area contributed by atoms with Gasteiger partial charge in [0.15, 0.2) is 11.4 Å². The lowest BCUT2D eigenvalue weighted by atomic mass is 10.1. The van der Waals surface area contributed by atoms with E-state index in [0.29, 0.717) is 16.5 Å². The number of carbonyl (C=O) groups excluding carboxylic acids is 1. The summed E-state index contributed by atoms with van der Waals surface area (Å²) in [5.74, 6) is 0.0942. The predicted molar refractivity (Wildman–Crippen MR) is 106 cm³/mol. The molecule has 31 heavy (non-hydrogen) atoms. The second-order valence-electron chi connectivity index (χ2n) is 6.93. The number of esters is 1. The molecular weight excluding hydrogens is 437 g/mol. The average Bonchev–Trinajstić information content (AvgIpc) is 3.22. The molecule has 0 fully saturated rings. The minimum atomic E-state index is -4.41. The van der Waals surface area contributed by atoms with Crippen molar-refractivity contribution in [3.05, 3.63) is 46.2 Å². The van der Waals surface area contributed by atoms with Crippen molar-refractivity contribution in [1.82, 2.24) is 14.6 Å². The number of hydrogen-bond donors (Lipinski definition) is 0. The maximum atomic E-state index is 12.7. The third-order valence-corrected chi connectivity index (χ3v) is 5.38. The predicted octanol–water partition coefficient (Wildman–Crippen LogP) is 4.11. The molecule has 0 aliphatic carbocycles. The van der Waals surface area contributed by atoms with Crippen LogP contribution in [-0.2, 0) is 32.6 Å². The number of aryl methyl sites for hydroxylation is 1. The molecule has 0 bridgehead atoms. The zero-order valence-electron chi connectivity index (χ0n) is 17.1. The maximum absolute atomic E-state index is 12.7. The standard InChI is InChI=1S/C19H19F3N4O4S/c1-11-14(9-15(27)29-10-23-28-4)31-17-24-16(25-26(11)17)18(2,3)30-13-7-5-12(6-8-13)19(20,21)22/h5-8,10H,9H2,1-4H3/b23-10+. The van der Waals surface area contributed by atoms with Crippen LogP contribution in [-0.4, -0.2) is 34.1 Å². The van der Waals surface area contributed by atoms with Gasteiger partial charge in [-0.3, -0.25) is 4.79 Å². The molecule has 0 aliphatic heterocycles. The maximum Gasteiger partial charge on any atom is 0.416 e. The molecule has 0 unspecified atom stereocenters. The van der Waals surface area contributed by atoms with E-state index in [1.54, 1.807) is 25.3 Å². The normalized spacial score (nSPS) is 12.5. The highest BCUT2D eigenvalue weighted by Gasteiger charge is 2.32. The van der Waals surface area contributed by atoms with E-state index in [4.69, 9.17) is 9.47 Å². The summed E-state index contributed by atoms with van der Waals surface area (Å²) in [6.45, 7) is 5.22. The van der Waals surface area contributed by atoms with Crippen LogP contribution in [0.25, 0.3) is 4.96 Å². The Morgan fingerprint density at radius 2 is 1.94 bits per heavy atom. The molecular formula is C19H19F3N4O4S. The van der Waals surface area contributed by atoms with Gasteiger partial charge in [-0.25, -0.2) is 4.52 Å². The first kappa shape index (κ1) is 22.5. The van der Waals surface area contributed by atoms with Crippen LogP contribution in [0, 0.1) is 6.92 Å². The summed E-state index contributed by atoms with van der Waals surface area (Å²) in [5.41, 5.74) is -1.05. The Labute approximate surface area is 179 Å². The van der Waals surface area contributed by atoms with Crippen LogP contribution in [0.15, 0.2) is 29.4 Å². The highest BCUT2D eigenvalue weighted by molar-refractivity contribution is 7.17. The summed E-state index contributed by atoms with van der Waals surface area (Å²) < 4.78 is 50.4. The lowest BCUT2D eigenvalue weighted by Crippen LogP contribution is -2.27. The number of halogens is 3.